The largest absolute Gasteiger partial charge is 0.396 e. The Morgan fingerprint density at radius 1 is 0.535 bits per heavy atom. The van der Waals surface area contributed by atoms with E-state index in [-0.39, 0.29) is 59.0 Å². The van der Waals surface area contributed by atoms with Crippen LogP contribution in [0.15, 0.2) is 195 Å². The highest BCUT2D eigenvalue weighted by Crippen LogP contribution is 2.54. The minimum Gasteiger partial charge on any atom is -0.396 e. The molecule has 3 aliphatic carbocycles. The molecule has 20 heteroatoms. The van der Waals surface area contributed by atoms with Gasteiger partial charge in [0.15, 0.2) is 5.78 Å². The summed E-state index contributed by atoms with van der Waals surface area (Å²) in [6.07, 6.45) is 28.0. The van der Waals surface area contributed by atoms with Gasteiger partial charge in [-0.25, -0.2) is 29.9 Å². The van der Waals surface area contributed by atoms with Crippen molar-refractivity contribution in [2.24, 2.45) is 0 Å². The zero-order chi connectivity index (χ0) is 69.7. The minimum absolute atomic E-state index is 0.0271. The summed E-state index contributed by atoms with van der Waals surface area (Å²) in [5.74, 6) is 0.867. The summed E-state index contributed by atoms with van der Waals surface area (Å²) in [4.78, 5) is 59.3. The normalized spacial score (nSPS) is 14.8. The fourth-order valence-corrected chi connectivity index (χ4v) is 15.2. The Hall–Kier alpha value is -11.2. The second-order valence-corrected chi connectivity index (χ2v) is 26.9. The number of Topliss-reactive ketones (excluding diaryl/α,β-unsaturated/α-hetero) is 1. The molecule has 0 bridgehead atoms. The SMILES string of the molecule is Cc1cc(CN(C)C(=O)c2cccc3c(C4(c5ccc(-c6cnc(N)nc6)cc5)CCC4)c[nH]c23)n[nH]1.Nc1ncc(-c2ccc(C3(c4c[nH]c5c(C(=O)CCCO)cccc45)CCC3)cc2)cn1.Nc1ncc(-c2ccc(C3(c4cn(CCOCCO)c5ccccc45)CCC3)cc2)cn1. The van der Waals surface area contributed by atoms with Crippen LogP contribution in [0.5, 0.6) is 0 Å². The number of nitrogen functional groups attached to an aromatic ring is 3. The van der Waals surface area contributed by atoms with E-state index in [2.05, 4.69) is 182 Å². The first-order valence-electron chi connectivity index (χ1n) is 34.7. The number of aryl methyl sites for hydroxylation is 1. The van der Waals surface area contributed by atoms with Crippen molar-refractivity contribution < 1.29 is 24.5 Å². The van der Waals surface area contributed by atoms with Gasteiger partial charge in [-0.05, 0) is 126 Å². The number of ether oxygens (including phenoxy) is 1. The Morgan fingerprint density at radius 2 is 0.980 bits per heavy atom. The first-order chi connectivity index (χ1) is 49.3. The van der Waals surface area contributed by atoms with Crippen LogP contribution in [0.25, 0.3) is 66.1 Å². The van der Waals surface area contributed by atoms with Gasteiger partial charge in [-0.2, -0.15) is 5.10 Å². The van der Waals surface area contributed by atoms with Crippen LogP contribution in [-0.2, 0) is 34.1 Å². The fraction of sp³-hybridized carbons (Fsp3) is 0.272. The van der Waals surface area contributed by atoms with E-state index in [9.17, 15) is 9.59 Å². The number of amides is 1. The smallest absolute Gasteiger partial charge is 0.256 e. The average Bonchev–Trinajstić information content (AvgIpc) is 1.70. The maximum Gasteiger partial charge on any atom is 0.256 e. The Kier molecular flexibility index (Phi) is 19.2. The molecule has 13 aromatic rings. The highest BCUT2D eigenvalue weighted by atomic mass is 16.5. The number of carbonyl (C=O) groups is 2. The molecule has 0 saturated heterocycles. The van der Waals surface area contributed by atoms with Gasteiger partial charge >= 0.3 is 0 Å². The molecule has 16 rings (SSSR count). The number of H-pyrrole nitrogens is 3. The van der Waals surface area contributed by atoms with Gasteiger partial charge in [0.25, 0.3) is 5.91 Å². The number of nitrogens with zero attached hydrogens (tertiary/aromatic N) is 9. The van der Waals surface area contributed by atoms with Gasteiger partial charge in [0, 0.05) is 148 Å². The number of aliphatic hydroxyl groups excluding tert-OH is 2. The fourth-order valence-electron chi connectivity index (χ4n) is 15.2. The maximum atomic E-state index is 13.4. The quantitative estimate of drug-likeness (QED) is 0.0245. The van der Waals surface area contributed by atoms with E-state index < -0.39 is 0 Å². The highest BCUT2D eigenvalue weighted by Gasteiger charge is 2.45. The van der Waals surface area contributed by atoms with Gasteiger partial charge in [-0.15, -0.1) is 0 Å². The van der Waals surface area contributed by atoms with Gasteiger partial charge < -0.3 is 51.6 Å². The van der Waals surface area contributed by atoms with Crippen molar-refractivity contribution in [3.8, 4) is 33.4 Å². The van der Waals surface area contributed by atoms with Crippen LogP contribution in [0.3, 0.4) is 0 Å². The number of ketones is 1. The first kappa shape index (κ1) is 67.0. The second kappa shape index (κ2) is 28.9. The lowest BCUT2D eigenvalue weighted by molar-refractivity contribution is 0.0785. The molecule has 1 amide bonds. The predicted octanol–water partition coefficient (Wildman–Crippen LogP) is 13.8. The number of anilines is 3. The number of nitrogens with one attached hydrogen (secondary N) is 3. The van der Waals surface area contributed by atoms with E-state index in [1.54, 1.807) is 42.1 Å². The van der Waals surface area contributed by atoms with Crippen molar-refractivity contribution in [1.82, 2.24) is 59.5 Å². The second-order valence-electron chi connectivity index (χ2n) is 26.9. The van der Waals surface area contributed by atoms with Crippen molar-refractivity contribution in [3.05, 3.63) is 251 Å². The van der Waals surface area contributed by atoms with E-state index in [1.165, 1.54) is 63.5 Å². The average molecular weight is 1350 g/mol. The van der Waals surface area contributed by atoms with Gasteiger partial charge in [0.2, 0.25) is 17.8 Å². The third kappa shape index (κ3) is 13.2. The zero-order valence-corrected chi connectivity index (χ0v) is 56.9. The first-order valence-corrected chi connectivity index (χ1v) is 34.7. The van der Waals surface area contributed by atoms with Crippen LogP contribution in [0, 0.1) is 6.92 Å². The molecule has 7 aromatic heterocycles. The molecule has 0 radical (unpaired) electrons. The summed E-state index contributed by atoms with van der Waals surface area (Å²) < 4.78 is 7.82. The molecule has 512 valence electrons. The Labute approximate surface area is 585 Å². The zero-order valence-electron chi connectivity index (χ0n) is 56.9. The number of nitrogens with two attached hydrogens (primary N) is 3. The Bertz CT molecular complexity index is 5030. The number of aliphatic hydroxyl groups is 2. The van der Waals surface area contributed by atoms with Gasteiger partial charge in [-0.3, -0.25) is 14.7 Å². The number of aromatic amines is 3. The van der Waals surface area contributed by atoms with E-state index in [0.29, 0.717) is 43.7 Å². The number of fused-ring (bicyclic) bond motifs is 3. The molecular formula is C81H83N15O5. The highest BCUT2D eigenvalue weighted by molar-refractivity contribution is 6.08. The summed E-state index contributed by atoms with van der Waals surface area (Å²) in [5.41, 5.74) is 36.8. The summed E-state index contributed by atoms with van der Waals surface area (Å²) in [7, 11) is 1.82. The molecule has 7 heterocycles. The summed E-state index contributed by atoms with van der Waals surface area (Å²) >= 11 is 0. The molecule has 11 N–H and O–H groups in total. The van der Waals surface area contributed by atoms with E-state index in [0.717, 1.165) is 112 Å². The molecule has 0 spiro atoms. The van der Waals surface area contributed by atoms with Crippen LogP contribution >= 0.6 is 0 Å². The number of hydrogen-bond acceptors (Lipinski definition) is 15. The monoisotopic (exact) mass is 1350 g/mol. The molecule has 20 nitrogen and oxygen atoms in total. The third-order valence-corrected chi connectivity index (χ3v) is 21.0. The molecule has 0 atom stereocenters. The summed E-state index contributed by atoms with van der Waals surface area (Å²) in [6, 6.07) is 48.6. The Balaban J connectivity index is 0.000000129. The van der Waals surface area contributed by atoms with Crippen molar-refractivity contribution in [3.63, 3.8) is 0 Å². The summed E-state index contributed by atoms with van der Waals surface area (Å²) in [6.45, 7) is 4.22. The topological polar surface area (TPSA) is 308 Å². The molecule has 0 unspecified atom stereocenters. The molecule has 101 heavy (non-hydrogen) atoms. The number of aromatic nitrogens is 11. The van der Waals surface area contributed by atoms with Crippen LogP contribution in [0.2, 0.25) is 0 Å². The van der Waals surface area contributed by atoms with Crippen molar-refractivity contribution >= 4 is 62.2 Å². The van der Waals surface area contributed by atoms with Crippen LogP contribution < -0.4 is 17.2 Å². The standard InChI is InChI=1S/C29H29N7O.C26H26N4O2.C26H28N4O2/c1-18-13-22(35-34-18)17-36(2)27(37)24-6-3-5-23-25(16-31-26(23)24)29(11-4-12-29)21-9-7-19(8-10-21)20-14-32-28(30)33-15-20;27-25-29-14-18(15-30-25)17-7-9-19(10-8-17)26(11-3-12-26)22-16-28-24-20(22)4-1-5-21(24)23(32)6-2-13-31;27-25-28-16-20(17-29-25)19-6-8-21(9-7-19)26(10-3-11-26)23-18-30(12-14-32-15-13-31)24-5-2-1-4-22(23)24/h3,5-10,13-16,31H,4,11-12,17H2,1-2H3,(H,34,35)(H2,30,32,33);1,4-5,7-10,14-16,28,31H,2-3,6,11-13H2,(H2,27,29,30);1-2,4-9,16-18,31H,3,10-15H2,(H2,27,28,29). The van der Waals surface area contributed by atoms with E-state index in [4.69, 9.17) is 32.2 Å². The molecule has 3 aliphatic rings. The molecule has 3 fully saturated rings. The van der Waals surface area contributed by atoms with Gasteiger partial charge in [0.1, 0.15) is 0 Å². The molecule has 3 saturated carbocycles. The van der Waals surface area contributed by atoms with Crippen LogP contribution in [-0.4, -0.2) is 115 Å². The number of benzene rings is 6. The predicted molar refractivity (Wildman–Crippen MR) is 396 cm³/mol. The van der Waals surface area contributed by atoms with Crippen molar-refractivity contribution in [2.45, 2.75) is 107 Å². The summed E-state index contributed by atoms with van der Waals surface area (Å²) in [5, 5.41) is 28.8. The van der Waals surface area contributed by atoms with Crippen LogP contribution in [0.4, 0.5) is 17.8 Å². The van der Waals surface area contributed by atoms with E-state index >= 15 is 0 Å². The molecular weight excluding hydrogens is 1260 g/mol. The van der Waals surface area contributed by atoms with Crippen LogP contribution in [0.1, 0.15) is 136 Å². The number of rotatable bonds is 21. The number of carbonyl (C=O) groups excluding carboxylic acids is 2. The number of para-hydroxylation sites is 3. The van der Waals surface area contributed by atoms with E-state index in [1.807, 2.05) is 44.3 Å². The van der Waals surface area contributed by atoms with Gasteiger partial charge in [0.05, 0.1) is 48.7 Å². The molecule has 0 aliphatic heterocycles. The third-order valence-electron chi connectivity index (χ3n) is 21.0. The molecule has 6 aromatic carbocycles. The number of hydrogen-bond donors (Lipinski definition) is 8. The lowest BCUT2D eigenvalue weighted by Crippen LogP contribution is -2.35. The van der Waals surface area contributed by atoms with Crippen molar-refractivity contribution in [2.75, 3.05) is 50.7 Å². The van der Waals surface area contributed by atoms with Crippen molar-refractivity contribution in [1.29, 1.82) is 0 Å². The van der Waals surface area contributed by atoms with Gasteiger partial charge in [-0.1, -0.05) is 135 Å². The lowest BCUT2D eigenvalue weighted by Gasteiger charge is -2.43. The minimum atomic E-state index is -0.0749. The lowest BCUT2D eigenvalue weighted by atomic mass is 9.60. The maximum absolute atomic E-state index is 13.4. The Morgan fingerprint density at radius 3 is 1.42 bits per heavy atom.